The van der Waals surface area contributed by atoms with Gasteiger partial charge < -0.3 is 5.32 Å². The lowest BCUT2D eigenvalue weighted by molar-refractivity contribution is 0.811. The van der Waals surface area contributed by atoms with Crippen molar-refractivity contribution in [2.45, 2.75) is 6.92 Å². The summed E-state index contributed by atoms with van der Waals surface area (Å²) in [5, 5.41) is 9.64. The highest BCUT2D eigenvalue weighted by Gasteiger charge is 1.81. The first-order valence-electron chi connectivity index (χ1n) is 3.62. The molecule has 11 heavy (non-hydrogen) atoms. The first kappa shape index (κ1) is 7.83. The van der Waals surface area contributed by atoms with Crippen molar-refractivity contribution in [1.82, 2.24) is 15.5 Å². The molecule has 0 atom stereocenters. The number of aromatic amines is 1. The quantitative estimate of drug-likeness (QED) is 0.471. The number of nitrogens with one attached hydrogen (secondary N) is 2. The third-order valence-corrected chi connectivity index (χ3v) is 1.19. The molecule has 1 aromatic rings. The van der Waals surface area contributed by atoms with Crippen LogP contribution in [0.3, 0.4) is 0 Å². The van der Waals surface area contributed by atoms with Gasteiger partial charge in [-0.15, -0.1) is 0 Å². The van der Waals surface area contributed by atoms with Crippen LogP contribution in [0.5, 0.6) is 0 Å². The minimum absolute atomic E-state index is 0.732. The molecule has 1 rings (SSSR count). The van der Waals surface area contributed by atoms with Gasteiger partial charge in [0, 0.05) is 6.20 Å². The van der Waals surface area contributed by atoms with Gasteiger partial charge in [-0.05, 0) is 18.5 Å². The van der Waals surface area contributed by atoms with Gasteiger partial charge in [-0.2, -0.15) is 5.10 Å². The fourth-order valence-corrected chi connectivity index (χ4v) is 0.652. The number of hydrogen-bond donors (Lipinski definition) is 2. The van der Waals surface area contributed by atoms with E-state index in [0.717, 1.165) is 18.8 Å². The van der Waals surface area contributed by atoms with E-state index in [4.69, 9.17) is 0 Å². The molecule has 3 heteroatoms. The Kier molecular flexibility index (Phi) is 3.23. The Hall–Kier alpha value is -1.27. The lowest BCUT2D eigenvalue weighted by Gasteiger charge is -1.88. The summed E-state index contributed by atoms with van der Waals surface area (Å²) in [6.45, 7) is 3.74. The van der Waals surface area contributed by atoms with Gasteiger partial charge in [0.15, 0.2) is 0 Å². The summed E-state index contributed by atoms with van der Waals surface area (Å²) >= 11 is 0. The number of rotatable bonds is 2. The van der Waals surface area contributed by atoms with Crippen LogP contribution in [0.4, 0.5) is 0 Å². The average molecular weight is 149 g/mol. The van der Waals surface area contributed by atoms with E-state index in [9.17, 15) is 0 Å². The van der Waals surface area contributed by atoms with Gasteiger partial charge in [0.05, 0.1) is 6.54 Å². The molecular formula is C8H11N3. The molecule has 0 unspecified atom stereocenters. The maximum absolute atomic E-state index is 3.77. The van der Waals surface area contributed by atoms with Gasteiger partial charge in [-0.1, -0.05) is 12.8 Å². The van der Waals surface area contributed by atoms with Crippen LogP contribution in [0.1, 0.15) is 12.6 Å². The molecule has 3 nitrogen and oxygen atoms in total. The highest BCUT2D eigenvalue weighted by atomic mass is 15.1. The van der Waals surface area contributed by atoms with Gasteiger partial charge in [0.1, 0.15) is 5.69 Å². The zero-order valence-electron chi connectivity index (χ0n) is 6.52. The molecular weight excluding hydrogens is 138 g/mol. The van der Waals surface area contributed by atoms with Crippen molar-refractivity contribution in [1.29, 1.82) is 0 Å². The summed E-state index contributed by atoms with van der Waals surface area (Å²) in [7, 11) is 0. The molecule has 0 amide bonds. The number of H-pyrrole nitrogens is 1. The third-order valence-electron chi connectivity index (χ3n) is 1.19. The molecule has 0 bridgehead atoms. The molecule has 1 heterocycles. The fraction of sp³-hybridized carbons (Fsp3) is 0.375. The predicted molar refractivity (Wildman–Crippen MR) is 44.0 cm³/mol. The van der Waals surface area contributed by atoms with Crippen molar-refractivity contribution >= 4 is 0 Å². The average Bonchev–Trinajstić information content (AvgIpc) is 2.50. The Balaban J connectivity index is 2.33. The Morgan fingerprint density at radius 2 is 2.64 bits per heavy atom. The van der Waals surface area contributed by atoms with Crippen molar-refractivity contribution in [3.8, 4) is 11.8 Å². The summed E-state index contributed by atoms with van der Waals surface area (Å²) in [5.41, 5.74) is 0.864. The van der Waals surface area contributed by atoms with Crippen molar-refractivity contribution < 1.29 is 0 Å². The maximum atomic E-state index is 3.77. The molecule has 0 radical (unpaired) electrons. The largest absolute Gasteiger partial charge is 0.306 e. The van der Waals surface area contributed by atoms with Crippen molar-refractivity contribution in [2.75, 3.05) is 13.1 Å². The smallest absolute Gasteiger partial charge is 0.107 e. The van der Waals surface area contributed by atoms with E-state index in [2.05, 4.69) is 34.3 Å². The summed E-state index contributed by atoms with van der Waals surface area (Å²) < 4.78 is 0. The van der Waals surface area contributed by atoms with E-state index >= 15 is 0 Å². The zero-order chi connectivity index (χ0) is 7.94. The van der Waals surface area contributed by atoms with Gasteiger partial charge in [0.25, 0.3) is 0 Å². The Morgan fingerprint density at radius 3 is 3.27 bits per heavy atom. The molecule has 0 aliphatic carbocycles. The van der Waals surface area contributed by atoms with Crippen molar-refractivity contribution in [2.24, 2.45) is 0 Å². The monoisotopic (exact) mass is 149 g/mol. The van der Waals surface area contributed by atoms with E-state index in [1.165, 1.54) is 0 Å². The normalized spacial score (nSPS) is 8.82. The van der Waals surface area contributed by atoms with Crippen molar-refractivity contribution in [3.63, 3.8) is 0 Å². The molecule has 1 aromatic heterocycles. The predicted octanol–water partition coefficient (Wildman–Crippen LogP) is 0.371. The molecule has 0 aliphatic rings. The second-order valence-electron chi connectivity index (χ2n) is 2.05. The highest BCUT2D eigenvalue weighted by Crippen LogP contribution is 1.84. The van der Waals surface area contributed by atoms with E-state index in [1.54, 1.807) is 6.20 Å². The van der Waals surface area contributed by atoms with Crippen LogP contribution in [0.25, 0.3) is 0 Å². The van der Waals surface area contributed by atoms with Gasteiger partial charge in [-0.3, -0.25) is 5.10 Å². The minimum Gasteiger partial charge on any atom is -0.306 e. The lowest BCUT2D eigenvalue weighted by atomic mass is 10.4. The summed E-state index contributed by atoms with van der Waals surface area (Å²) in [6, 6.07) is 1.85. The van der Waals surface area contributed by atoms with Crippen LogP contribution < -0.4 is 5.32 Å². The molecule has 0 aliphatic heterocycles. The second kappa shape index (κ2) is 4.53. The minimum atomic E-state index is 0.732. The Morgan fingerprint density at radius 1 is 1.73 bits per heavy atom. The maximum Gasteiger partial charge on any atom is 0.107 e. The van der Waals surface area contributed by atoms with Crippen LogP contribution in [0, 0.1) is 11.8 Å². The summed E-state index contributed by atoms with van der Waals surface area (Å²) in [6.07, 6.45) is 1.69. The van der Waals surface area contributed by atoms with Crippen LogP contribution in [0.15, 0.2) is 12.3 Å². The van der Waals surface area contributed by atoms with Crippen LogP contribution in [-0.4, -0.2) is 23.3 Å². The molecule has 0 saturated carbocycles. The first-order chi connectivity index (χ1) is 5.43. The summed E-state index contributed by atoms with van der Waals surface area (Å²) in [5.74, 6) is 5.89. The van der Waals surface area contributed by atoms with Gasteiger partial charge >= 0.3 is 0 Å². The van der Waals surface area contributed by atoms with Gasteiger partial charge in [-0.25, -0.2) is 0 Å². The van der Waals surface area contributed by atoms with E-state index in [-0.39, 0.29) is 0 Å². The molecule has 0 aromatic carbocycles. The number of aromatic nitrogens is 2. The number of hydrogen-bond acceptors (Lipinski definition) is 2. The van der Waals surface area contributed by atoms with Crippen molar-refractivity contribution in [3.05, 3.63) is 18.0 Å². The third kappa shape index (κ3) is 2.87. The van der Waals surface area contributed by atoms with Crippen LogP contribution in [-0.2, 0) is 0 Å². The lowest BCUT2D eigenvalue weighted by Crippen LogP contribution is -2.11. The fourth-order valence-electron chi connectivity index (χ4n) is 0.652. The Bertz CT molecular complexity index is 240. The van der Waals surface area contributed by atoms with Gasteiger partial charge in [0.2, 0.25) is 0 Å². The van der Waals surface area contributed by atoms with E-state index < -0.39 is 0 Å². The molecule has 0 fully saturated rings. The molecule has 0 saturated heterocycles. The molecule has 58 valence electrons. The standard InChI is InChI=1S/C8H11N3/c1-2-9-6-3-4-8-5-7-10-11-8/h5,7,9H,2,6H2,1H3,(H,10,11). The molecule has 2 N–H and O–H groups in total. The molecule has 0 spiro atoms. The Labute approximate surface area is 66.2 Å². The second-order valence-corrected chi connectivity index (χ2v) is 2.05. The topological polar surface area (TPSA) is 40.7 Å². The number of nitrogens with zero attached hydrogens (tertiary/aromatic N) is 1. The summed E-state index contributed by atoms with van der Waals surface area (Å²) in [4.78, 5) is 0. The van der Waals surface area contributed by atoms with Crippen LogP contribution in [0.2, 0.25) is 0 Å². The first-order valence-corrected chi connectivity index (χ1v) is 3.62. The van der Waals surface area contributed by atoms with Crippen LogP contribution >= 0.6 is 0 Å². The van der Waals surface area contributed by atoms with E-state index in [1.807, 2.05) is 6.07 Å². The SMILES string of the molecule is CCNCC#Cc1ccn[nH]1. The highest BCUT2D eigenvalue weighted by molar-refractivity contribution is 5.25. The zero-order valence-corrected chi connectivity index (χ0v) is 6.52. The van der Waals surface area contributed by atoms with E-state index in [0.29, 0.717) is 0 Å².